The van der Waals surface area contributed by atoms with Crippen LogP contribution in [0.4, 0.5) is 0 Å². The summed E-state index contributed by atoms with van der Waals surface area (Å²) in [6.45, 7) is 2.08. The minimum Gasteiger partial charge on any atom is -0.507 e. The van der Waals surface area contributed by atoms with Gasteiger partial charge in [-0.1, -0.05) is 54.1 Å². The van der Waals surface area contributed by atoms with E-state index in [1.54, 1.807) is 67.6 Å². The third-order valence-corrected chi connectivity index (χ3v) is 6.19. The van der Waals surface area contributed by atoms with Gasteiger partial charge in [0.05, 0.1) is 35.9 Å². The molecular weight excluding hydrogens is 482 g/mol. The Morgan fingerprint density at radius 3 is 2.28 bits per heavy atom. The lowest BCUT2D eigenvalue weighted by molar-refractivity contribution is -0.140. The summed E-state index contributed by atoms with van der Waals surface area (Å²) in [6.07, 6.45) is 0. The molecule has 3 aromatic rings. The van der Waals surface area contributed by atoms with E-state index in [1.165, 1.54) is 18.1 Å². The molecule has 7 nitrogen and oxygen atoms in total. The number of nitrogens with zero attached hydrogens (tertiary/aromatic N) is 1. The van der Waals surface area contributed by atoms with Gasteiger partial charge in [0.25, 0.3) is 11.7 Å². The molecule has 1 saturated heterocycles. The molecule has 0 aliphatic carbocycles. The van der Waals surface area contributed by atoms with Gasteiger partial charge >= 0.3 is 5.97 Å². The van der Waals surface area contributed by atoms with Crippen molar-refractivity contribution in [2.45, 2.75) is 19.5 Å². The molecule has 0 radical (unpaired) electrons. The highest BCUT2D eigenvalue weighted by Gasteiger charge is 2.46. The number of Topliss-reactive ketones (excluding diaryl/α,β-unsaturated/α-hetero) is 1. The predicted molar refractivity (Wildman–Crippen MR) is 135 cm³/mol. The van der Waals surface area contributed by atoms with Crippen molar-refractivity contribution in [1.82, 2.24) is 4.90 Å². The molecule has 0 aromatic heterocycles. The Kier molecular flexibility index (Phi) is 7.41. The molecule has 1 atom stereocenters. The number of aliphatic hydroxyl groups excluding tert-OH is 1. The van der Waals surface area contributed by atoms with Crippen molar-refractivity contribution in [1.29, 1.82) is 0 Å². The number of hydrogen-bond donors (Lipinski definition) is 1. The van der Waals surface area contributed by atoms with Crippen molar-refractivity contribution < 1.29 is 29.0 Å². The number of amides is 1. The predicted octanol–water partition coefficient (Wildman–Crippen LogP) is 5.15. The van der Waals surface area contributed by atoms with E-state index in [2.05, 4.69) is 0 Å². The minimum absolute atomic E-state index is 0.0319. The van der Waals surface area contributed by atoms with Crippen molar-refractivity contribution in [3.8, 4) is 5.75 Å². The van der Waals surface area contributed by atoms with Crippen LogP contribution in [0.2, 0.25) is 5.02 Å². The molecule has 0 bridgehead atoms. The molecule has 1 aliphatic rings. The molecule has 184 valence electrons. The maximum atomic E-state index is 13.2. The quantitative estimate of drug-likeness (QED) is 0.207. The maximum Gasteiger partial charge on any atom is 0.338 e. The second-order valence-corrected chi connectivity index (χ2v) is 8.51. The van der Waals surface area contributed by atoms with Crippen LogP contribution in [-0.2, 0) is 20.9 Å². The number of esters is 1. The number of rotatable bonds is 7. The van der Waals surface area contributed by atoms with Crippen LogP contribution < -0.4 is 4.74 Å². The maximum absolute atomic E-state index is 13.2. The van der Waals surface area contributed by atoms with Crippen LogP contribution in [0.25, 0.3) is 5.76 Å². The van der Waals surface area contributed by atoms with Crippen LogP contribution in [0.1, 0.15) is 40.0 Å². The van der Waals surface area contributed by atoms with Crippen molar-refractivity contribution in [3.05, 3.63) is 106 Å². The first-order chi connectivity index (χ1) is 17.3. The SMILES string of the molecule is CCOC(=O)c1ccc(CN2C(=O)C(=O)/C(=C(\O)c3ccc(OC)c(Cl)c3)C2c2ccccc2)cc1. The Morgan fingerprint density at radius 1 is 1.00 bits per heavy atom. The average molecular weight is 506 g/mol. The number of methoxy groups -OCH3 is 1. The van der Waals surface area contributed by atoms with Crippen LogP contribution in [0.3, 0.4) is 0 Å². The Labute approximate surface area is 213 Å². The fourth-order valence-electron chi connectivity index (χ4n) is 4.15. The summed E-state index contributed by atoms with van der Waals surface area (Å²) in [5.74, 6) is -1.88. The first-order valence-electron chi connectivity index (χ1n) is 11.3. The molecule has 1 aliphatic heterocycles. The van der Waals surface area contributed by atoms with E-state index in [-0.39, 0.29) is 29.5 Å². The zero-order valence-electron chi connectivity index (χ0n) is 19.7. The molecule has 0 saturated carbocycles. The Balaban J connectivity index is 1.75. The number of aliphatic hydroxyl groups is 1. The third kappa shape index (κ3) is 4.83. The van der Waals surface area contributed by atoms with E-state index in [9.17, 15) is 19.5 Å². The largest absolute Gasteiger partial charge is 0.507 e. The number of carbonyl (C=O) groups is 3. The Morgan fingerprint density at radius 2 is 1.67 bits per heavy atom. The summed E-state index contributed by atoms with van der Waals surface area (Å²) in [7, 11) is 1.47. The standard InChI is InChI=1S/C28H24ClNO6/c1-3-36-28(34)19-11-9-17(10-12-19)16-30-24(18-7-5-4-6-8-18)23(26(32)27(30)33)25(31)20-13-14-22(35-2)21(29)15-20/h4-15,24,31H,3,16H2,1-2H3/b25-23-. The van der Waals surface area contributed by atoms with Gasteiger partial charge in [0, 0.05) is 12.1 Å². The first-order valence-corrected chi connectivity index (χ1v) is 11.7. The molecule has 1 fully saturated rings. The van der Waals surface area contributed by atoms with Gasteiger partial charge in [0.15, 0.2) is 0 Å². The minimum atomic E-state index is -0.822. The van der Waals surface area contributed by atoms with E-state index in [0.29, 0.717) is 28.0 Å². The molecule has 1 heterocycles. The normalized spacial score (nSPS) is 16.8. The fraction of sp³-hybridized carbons (Fsp3) is 0.179. The molecular formula is C28H24ClNO6. The number of carbonyl (C=O) groups excluding carboxylic acids is 3. The monoisotopic (exact) mass is 505 g/mol. The summed E-state index contributed by atoms with van der Waals surface area (Å²) >= 11 is 6.24. The topological polar surface area (TPSA) is 93.1 Å². The van der Waals surface area contributed by atoms with Gasteiger partial charge in [-0.3, -0.25) is 9.59 Å². The number of ketones is 1. The van der Waals surface area contributed by atoms with Crippen LogP contribution in [-0.4, -0.2) is 41.4 Å². The van der Waals surface area contributed by atoms with Gasteiger partial charge in [-0.05, 0) is 48.4 Å². The second-order valence-electron chi connectivity index (χ2n) is 8.10. The lowest BCUT2D eigenvalue weighted by Gasteiger charge is -2.25. The van der Waals surface area contributed by atoms with Crippen molar-refractivity contribution in [2.75, 3.05) is 13.7 Å². The van der Waals surface area contributed by atoms with Gasteiger partial charge in [0.1, 0.15) is 11.5 Å². The highest BCUT2D eigenvalue weighted by molar-refractivity contribution is 6.46. The van der Waals surface area contributed by atoms with E-state index in [1.807, 2.05) is 6.07 Å². The van der Waals surface area contributed by atoms with Crippen LogP contribution >= 0.6 is 11.6 Å². The number of hydrogen-bond acceptors (Lipinski definition) is 6. The lowest BCUT2D eigenvalue weighted by atomic mass is 9.95. The van der Waals surface area contributed by atoms with E-state index in [0.717, 1.165) is 0 Å². The molecule has 1 amide bonds. The van der Waals surface area contributed by atoms with Crippen LogP contribution in [0.15, 0.2) is 78.4 Å². The summed E-state index contributed by atoms with van der Waals surface area (Å²) in [5.41, 5.74) is 2.02. The summed E-state index contributed by atoms with van der Waals surface area (Å²) in [5, 5.41) is 11.4. The summed E-state index contributed by atoms with van der Waals surface area (Å²) in [4.78, 5) is 39.8. The van der Waals surface area contributed by atoms with Gasteiger partial charge in [-0.2, -0.15) is 0 Å². The van der Waals surface area contributed by atoms with E-state index in [4.69, 9.17) is 21.1 Å². The van der Waals surface area contributed by atoms with Gasteiger partial charge in [0.2, 0.25) is 0 Å². The average Bonchev–Trinajstić information content (AvgIpc) is 3.14. The zero-order chi connectivity index (χ0) is 25.8. The summed E-state index contributed by atoms with van der Waals surface area (Å²) in [6, 6.07) is 19.5. The fourth-order valence-corrected chi connectivity index (χ4v) is 4.41. The number of ether oxygens (including phenoxy) is 2. The molecule has 8 heteroatoms. The van der Waals surface area contributed by atoms with E-state index >= 15 is 0 Å². The van der Waals surface area contributed by atoms with Crippen LogP contribution in [0, 0.1) is 0 Å². The molecule has 4 rings (SSSR count). The smallest absolute Gasteiger partial charge is 0.338 e. The Hall–Kier alpha value is -4.10. The number of likely N-dealkylation sites (tertiary alicyclic amines) is 1. The third-order valence-electron chi connectivity index (χ3n) is 5.90. The number of benzene rings is 3. The van der Waals surface area contributed by atoms with Gasteiger partial charge in [-0.25, -0.2) is 4.79 Å². The van der Waals surface area contributed by atoms with Gasteiger partial charge in [-0.15, -0.1) is 0 Å². The summed E-state index contributed by atoms with van der Waals surface area (Å²) < 4.78 is 10.2. The Bertz CT molecular complexity index is 1330. The lowest BCUT2D eigenvalue weighted by Crippen LogP contribution is -2.29. The first kappa shape index (κ1) is 25.0. The molecule has 1 N–H and O–H groups in total. The van der Waals surface area contributed by atoms with Crippen molar-refractivity contribution in [3.63, 3.8) is 0 Å². The number of halogens is 1. The molecule has 3 aromatic carbocycles. The highest BCUT2D eigenvalue weighted by Crippen LogP contribution is 2.41. The zero-order valence-corrected chi connectivity index (χ0v) is 20.5. The van der Waals surface area contributed by atoms with Gasteiger partial charge < -0.3 is 19.5 Å². The second kappa shape index (κ2) is 10.7. The van der Waals surface area contributed by atoms with Crippen molar-refractivity contribution >= 4 is 35.0 Å². The molecule has 36 heavy (non-hydrogen) atoms. The van der Waals surface area contributed by atoms with E-state index < -0.39 is 23.7 Å². The highest BCUT2D eigenvalue weighted by atomic mass is 35.5. The van der Waals surface area contributed by atoms with Crippen LogP contribution in [0.5, 0.6) is 5.75 Å². The molecule has 0 spiro atoms. The molecule has 1 unspecified atom stereocenters. The van der Waals surface area contributed by atoms with Crippen molar-refractivity contribution in [2.24, 2.45) is 0 Å².